The third-order valence-corrected chi connectivity index (χ3v) is 6.14. The molecular formula is C27H24F2N4O3. The van der Waals surface area contributed by atoms with E-state index in [-0.39, 0.29) is 17.0 Å². The first kappa shape index (κ1) is 23.5. The molecule has 1 N–H and O–H groups in total. The van der Waals surface area contributed by atoms with Gasteiger partial charge in [-0.1, -0.05) is 24.3 Å². The minimum absolute atomic E-state index is 0.117. The van der Waals surface area contributed by atoms with Gasteiger partial charge < -0.3 is 14.5 Å². The van der Waals surface area contributed by atoms with Crippen molar-refractivity contribution in [3.63, 3.8) is 0 Å². The van der Waals surface area contributed by atoms with Crippen LogP contribution in [-0.4, -0.2) is 47.0 Å². The van der Waals surface area contributed by atoms with Crippen LogP contribution >= 0.6 is 0 Å². The number of hydrogen-bond acceptors (Lipinski definition) is 5. The molecule has 3 aromatic carbocycles. The minimum Gasteiger partial charge on any atom is -0.457 e. The number of amides is 1. The number of nitrogens with one attached hydrogen (secondary N) is 1. The van der Waals surface area contributed by atoms with E-state index in [1.807, 2.05) is 11.0 Å². The first-order valence-corrected chi connectivity index (χ1v) is 11.6. The average Bonchev–Trinajstić information content (AvgIpc) is 2.88. The normalized spacial score (nSPS) is 14.2. The first-order valence-electron chi connectivity index (χ1n) is 11.6. The van der Waals surface area contributed by atoms with Crippen molar-refractivity contribution in [1.82, 2.24) is 14.9 Å². The van der Waals surface area contributed by atoms with E-state index in [2.05, 4.69) is 9.97 Å². The lowest BCUT2D eigenvalue weighted by Crippen LogP contribution is -2.49. The molecule has 0 radical (unpaired) electrons. The van der Waals surface area contributed by atoms with Gasteiger partial charge in [0.25, 0.3) is 17.4 Å². The molecule has 4 aromatic rings. The molecule has 5 rings (SSSR count). The van der Waals surface area contributed by atoms with Gasteiger partial charge in [-0.25, -0.2) is 13.8 Å². The lowest BCUT2D eigenvalue weighted by atomic mass is 10.1. The highest BCUT2D eigenvalue weighted by Gasteiger charge is 2.25. The average molecular weight is 491 g/mol. The number of H-pyrrole nitrogens is 1. The first-order chi connectivity index (χ1) is 17.3. The lowest BCUT2D eigenvalue weighted by Gasteiger charge is -2.35. The second-order valence-electron chi connectivity index (χ2n) is 8.73. The third kappa shape index (κ3) is 4.91. The van der Waals surface area contributed by atoms with Crippen LogP contribution in [0.15, 0.2) is 77.6 Å². The fourth-order valence-electron chi connectivity index (χ4n) is 4.16. The summed E-state index contributed by atoms with van der Waals surface area (Å²) < 4.78 is 32.8. The predicted octanol–water partition coefficient (Wildman–Crippen LogP) is 4.79. The number of para-hydroxylation sites is 1. The molecule has 184 valence electrons. The Morgan fingerprint density at radius 1 is 0.944 bits per heavy atom. The summed E-state index contributed by atoms with van der Waals surface area (Å²) in [5.74, 6) is -1.84. The third-order valence-electron chi connectivity index (χ3n) is 6.14. The molecule has 2 heterocycles. The van der Waals surface area contributed by atoms with Gasteiger partial charge in [-0.2, -0.15) is 0 Å². The maximum absolute atomic E-state index is 13.6. The molecule has 1 aliphatic rings. The van der Waals surface area contributed by atoms with Gasteiger partial charge in [-0.15, -0.1) is 0 Å². The Morgan fingerprint density at radius 2 is 1.67 bits per heavy atom. The molecule has 7 nitrogen and oxygen atoms in total. The van der Waals surface area contributed by atoms with E-state index in [0.29, 0.717) is 60.1 Å². The summed E-state index contributed by atoms with van der Waals surface area (Å²) in [6.45, 7) is 2.86. The number of carbonyl (C=O) groups excluding carboxylic acids is 1. The number of aromatic amines is 1. The molecule has 0 bridgehead atoms. The van der Waals surface area contributed by atoms with Crippen LogP contribution in [0.2, 0.25) is 0 Å². The van der Waals surface area contributed by atoms with Crippen LogP contribution in [0.25, 0.3) is 10.9 Å². The summed E-state index contributed by atoms with van der Waals surface area (Å²) in [6.07, 6.45) is 0. The Morgan fingerprint density at radius 3 is 2.39 bits per heavy atom. The largest absolute Gasteiger partial charge is 0.457 e. The molecule has 0 saturated carbocycles. The number of halogens is 2. The Kier molecular flexibility index (Phi) is 6.13. The fourth-order valence-corrected chi connectivity index (χ4v) is 4.16. The molecule has 1 saturated heterocycles. The zero-order valence-corrected chi connectivity index (χ0v) is 19.6. The van der Waals surface area contributed by atoms with Crippen LogP contribution in [0.1, 0.15) is 22.8 Å². The number of rotatable bonds is 5. The van der Waals surface area contributed by atoms with Crippen LogP contribution in [0.3, 0.4) is 0 Å². The number of carbonyl (C=O) groups is 1. The summed E-state index contributed by atoms with van der Waals surface area (Å²) in [7, 11) is 0. The molecule has 0 atom stereocenters. The van der Waals surface area contributed by atoms with E-state index >= 15 is 0 Å². The predicted molar refractivity (Wildman–Crippen MR) is 133 cm³/mol. The highest BCUT2D eigenvalue weighted by Crippen LogP contribution is 2.31. The molecule has 1 aromatic heterocycles. The Labute approximate surface area is 206 Å². The number of benzene rings is 3. The fraction of sp³-hybridized carbons (Fsp3) is 0.222. The standard InChI is InChI=1S/C27H24F2N4O3/c1-27(28,29)19-5-4-6-21(17-19)36-20-11-9-18(10-12-20)25(35)32-13-15-33(16-14-32)26-30-23-8-3-2-7-22(23)24(34)31-26/h2-12,17H,13-16H2,1H3,(H,30,31,34). The quantitative estimate of drug-likeness (QED) is 0.435. The van der Waals surface area contributed by atoms with Gasteiger partial charge in [-0.3, -0.25) is 14.6 Å². The van der Waals surface area contributed by atoms with Crippen molar-refractivity contribution in [1.29, 1.82) is 0 Å². The van der Waals surface area contributed by atoms with Gasteiger partial charge in [0.2, 0.25) is 5.95 Å². The van der Waals surface area contributed by atoms with Crippen molar-refractivity contribution >= 4 is 22.8 Å². The number of nitrogens with zero attached hydrogens (tertiary/aromatic N) is 3. The van der Waals surface area contributed by atoms with Crippen molar-refractivity contribution in [2.45, 2.75) is 12.8 Å². The maximum Gasteiger partial charge on any atom is 0.270 e. The minimum atomic E-state index is -2.96. The van der Waals surface area contributed by atoms with Gasteiger partial charge >= 0.3 is 0 Å². The topological polar surface area (TPSA) is 78.5 Å². The van der Waals surface area contributed by atoms with Crippen molar-refractivity contribution < 1.29 is 18.3 Å². The number of ether oxygens (including phenoxy) is 1. The molecule has 36 heavy (non-hydrogen) atoms. The zero-order chi connectivity index (χ0) is 25.3. The highest BCUT2D eigenvalue weighted by atomic mass is 19.3. The van der Waals surface area contributed by atoms with Crippen molar-refractivity contribution in [2.24, 2.45) is 0 Å². The Balaban J connectivity index is 1.22. The van der Waals surface area contributed by atoms with Crippen molar-refractivity contribution in [2.75, 3.05) is 31.1 Å². The number of alkyl halides is 2. The number of piperazine rings is 1. The van der Waals surface area contributed by atoms with Crippen molar-refractivity contribution in [3.8, 4) is 11.5 Å². The summed E-state index contributed by atoms with van der Waals surface area (Å²) in [5.41, 5.74) is 0.814. The Bertz CT molecular complexity index is 1460. The molecule has 0 unspecified atom stereocenters. The van der Waals surface area contributed by atoms with Gasteiger partial charge in [0.1, 0.15) is 11.5 Å². The maximum atomic E-state index is 13.6. The lowest BCUT2D eigenvalue weighted by molar-refractivity contribution is 0.0173. The molecule has 1 fully saturated rings. The van der Waals surface area contributed by atoms with Gasteiger partial charge in [0.05, 0.1) is 10.9 Å². The van der Waals surface area contributed by atoms with Crippen LogP contribution in [-0.2, 0) is 5.92 Å². The monoisotopic (exact) mass is 490 g/mol. The van der Waals surface area contributed by atoms with Gasteiger partial charge in [0.15, 0.2) is 0 Å². The molecule has 1 amide bonds. The van der Waals surface area contributed by atoms with E-state index in [4.69, 9.17) is 4.74 Å². The smallest absolute Gasteiger partial charge is 0.270 e. The molecule has 0 aliphatic carbocycles. The number of aromatic nitrogens is 2. The highest BCUT2D eigenvalue weighted by molar-refractivity contribution is 5.94. The van der Waals surface area contributed by atoms with Crippen LogP contribution < -0.4 is 15.2 Å². The van der Waals surface area contributed by atoms with E-state index in [9.17, 15) is 18.4 Å². The second-order valence-corrected chi connectivity index (χ2v) is 8.73. The Hall–Kier alpha value is -4.27. The zero-order valence-electron chi connectivity index (χ0n) is 19.6. The van der Waals surface area contributed by atoms with Crippen LogP contribution in [0.5, 0.6) is 11.5 Å². The number of anilines is 1. The SMILES string of the molecule is CC(F)(F)c1cccc(Oc2ccc(C(=O)N3CCN(c4nc5ccccc5c(=O)[nH]4)CC3)cc2)c1. The van der Waals surface area contributed by atoms with Crippen LogP contribution in [0.4, 0.5) is 14.7 Å². The summed E-state index contributed by atoms with van der Waals surface area (Å²) in [5, 5.41) is 0.540. The summed E-state index contributed by atoms with van der Waals surface area (Å²) in [4.78, 5) is 36.5. The van der Waals surface area contributed by atoms with E-state index in [1.165, 1.54) is 18.2 Å². The molecule has 0 spiro atoms. The molecular weight excluding hydrogens is 466 g/mol. The second kappa shape index (κ2) is 9.41. The summed E-state index contributed by atoms with van der Waals surface area (Å²) >= 11 is 0. The van der Waals surface area contributed by atoms with Gasteiger partial charge in [-0.05, 0) is 48.5 Å². The van der Waals surface area contributed by atoms with E-state index in [1.54, 1.807) is 53.4 Å². The van der Waals surface area contributed by atoms with E-state index in [0.717, 1.165) is 6.92 Å². The van der Waals surface area contributed by atoms with E-state index < -0.39 is 5.92 Å². The van der Waals surface area contributed by atoms with Crippen molar-refractivity contribution in [3.05, 3.63) is 94.3 Å². The molecule has 1 aliphatic heterocycles. The van der Waals surface area contributed by atoms with Gasteiger partial charge in [0, 0.05) is 44.2 Å². The number of fused-ring (bicyclic) bond motifs is 1. The number of hydrogen-bond donors (Lipinski definition) is 1. The molecule has 9 heteroatoms. The van der Waals surface area contributed by atoms with Crippen LogP contribution in [0, 0.1) is 0 Å². The summed E-state index contributed by atoms with van der Waals surface area (Å²) in [6, 6.07) is 19.5.